The molecule has 1 fully saturated rings. The maximum Gasteiger partial charge on any atom is 0.262 e. The Bertz CT molecular complexity index is 987. The third-order valence-corrected chi connectivity index (χ3v) is 6.56. The van der Waals surface area contributed by atoms with Crippen LogP contribution in [0, 0.1) is 5.92 Å². The number of fused-ring (bicyclic) bond motifs is 1. The zero-order valence-electron chi connectivity index (χ0n) is 18.6. The van der Waals surface area contributed by atoms with Crippen molar-refractivity contribution < 1.29 is 9.53 Å². The third-order valence-electron chi connectivity index (χ3n) is 5.35. The summed E-state index contributed by atoms with van der Waals surface area (Å²) in [7, 11) is 0. The summed E-state index contributed by atoms with van der Waals surface area (Å²) in [6.45, 7) is 12.6. The van der Waals surface area contributed by atoms with E-state index in [0.717, 1.165) is 26.3 Å². The zero-order valence-corrected chi connectivity index (χ0v) is 20.2. The van der Waals surface area contributed by atoms with E-state index in [9.17, 15) is 9.59 Å². The highest BCUT2D eigenvalue weighted by atomic mass is 35.5. The van der Waals surface area contributed by atoms with Gasteiger partial charge in [0.25, 0.3) is 5.56 Å². The Labute approximate surface area is 192 Å². The number of aromatic nitrogens is 2. The number of hydrogen-bond donors (Lipinski definition) is 1. The van der Waals surface area contributed by atoms with Gasteiger partial charge in [-0.05, 0) is 38.0 Å². The zero-order chi connectivity index (χ0) is 22.6. The van der Waals surface area contributed by atoms with Crippen LogP contribution in [0.25, 0.3) is 10.9 Å². The summed E-state index contributed by atoms with van der Waals surface area (Å²) < 4.78 is 7.07. The minimum absolute atomic E-state index is 0.0760. The molecule has 1 N–H and O–H groups in total. The predicted molar refractivity (Wildman–Crippen MR) is 126 cm³/mol. The first-order valence-electron chi connectivity index (χ1n) is 10.6. The van der Waals surface area contributed by atoms with E-state index in [1.54, 1.807) is 22.8 Å². The molecule has 2 heterocycles. The van der Waals surface area contributed by atoms with Crippen LogP contribution in [0.5, 0.6) is 0 Å². The third kappa shape index (κ3) is 6.22. The average molecular weight is 467 g/mol. The first-order chi connectivity index (χ1) is 14.7. The Morgan fingerprint density at radius 1 is 1.32 bits per heavy atom. The van der Waals surface area contributed by atoms with E-state index in [-0.39, 0.29) is 28.7 Å². The van der Waals surface area contributed by atoms with Gasteiger partial charge in [0.05, 0.1) is 29.9 Å². The number of halogens is 1. The lowest BCUT2D eigenvalue weighted by Crippen LogP contribution is -2.55. The van der Waals surface area contributed by atoms with Gasteiger partial charge in [0, 0.05) is 36.7 Å². The van der Waals surface area contributed by atoms with Crippen molar-refractivity contribution in [1.29, 1.82) is 0 Å². The van der Waals surface area contributed by atoms with E-state index in [2.05, 4.69) is 29.0 Å². The van der Waals surface area contributed by atoms with Gasteiger partial charge in [0.2, 0.25) is 5.91 Å². The van der Waals surface area contributed by atoms with E-state index in [4.69, 9.17) is 16.3 Å². The Balaban J connectivity index is 1.70. The van der Waals surface area contributed by atoms with Gasteiger partial charge in [0.15, 0.2) is 5.16 Å². The molecule has 0 radical (unpaired) electrons. The second kappa shape index (κ2) is 10.3. The van der Waals surface area contributed by atoms with Crippen molar-refractivity contribution in [3.8, 4) is 0 Å². The van der Waals surface area contributed by atoms with Gasteiger partial charge in [-0.3, -0.25) is 19.1 Å². The monoisotopic (exact) mass is 466 g/mol. The molecule has 1 aromatic heterocycles. The summed E-state index contributed by atoms with van der Waals surface area (Å²) in [4.78, 5) is 32.6. The SMILES string of the molecule is CC(C)Cn1c(SCC(=O)NCC(C)(C)N2CCOCC2)nc2ccc(Cl)cc2c1=O. The highest BCUT2D eigenvalue weighted by Crippen LogP contribution is 2.21. The summed E-state index contributed by atoms with van der Waals surface area (Å²) in [5, 5.41) is 4.59. The van der Waals surface area contributed by atoms with Crippen LogP contribution in [0.15, 0.2) is 28.2 Å². The summed E-state index contributed by atoms with van der Waals surface area (Å²) in [6, 6.07) is 5.11. The topological polar surface area (TPSA) is 76.5 Å². The molecule has 0 aliphatic carbocycles. The fourth-order valence-corrected chi connectivity index (χ4v) is 4.60. The van der Waals surface area contributed by atoms with Crippen molar-refractivity contribution in [2.24, 2.45) is 5.92 Å². The van der Waals surface area contributed by atoms with Crippen LogP contribution < -0.4 is 10.9 Å². The Hall–Kier alpha value is -1.61. The number of carbonyl (C=O) groups is 1. The summed E-state index contributed by atoms with van der Waals surface area (Å²) in [5.74, 6) is 0.384. The second-order valence-corrected chi connectivity index (χ2v) is 10.2. The van der Waals surface area contributed by atoms with Crippen molar-refractivity contribution in [2.45, 2.75) is 44.9 Å². The number of thioether (sulfide) groups is 1. The number of morpholine rings is 1. The second-order valence-electron chi connectivity index (χ2n) is 8.84. The van der Waals surface area contributed by atoms with Gasteiger partial charge >= 0.3 is 0 Å². The number of hydrogen-bond acceptors (Lipinski definition) is 6. The number of nitrogens with zero attached hydrogens (tertiary/aromatic N) is 3. The summed E-state index contributed by atoms with van der Waals surface area (Å²) in [6.07, 6.45) is 0. The summed E-state index contributed by atoms with van der Waals surface area (Å²) in [5.41, 5.74) is 0.313. The normalized spacial score (nSPS) is 15.5. The molecule has 0 unspecified atom stereocenters. The Morgan fingerprint density at radius 3 is 2.71 bits per heavy atom. The molecule has 7 nitrogen and oxygen atoms in total. The van der Waals surface area contributed by atoms with E-state index in [1.807, 2.05) is 13.8 Å². The largest absolute Gasteiger partial charge is 0.379 e. The fraction of sp³-hybridized carbons (Fsp3) is 0.591. The van der Waals surface area contributed by atoms with Crippen LogP contribution in [0.2, 0.25) is 5.02 Å². The number of ether oxygens (including phenoxy) is 1. The number of nitrogens with one attached hydrogen (secondary N) is 1. The quantitative estimate of drug-likeness (QED) is 0.476. The fourth-order valence-electron chi connectivity index (χ4n) is 3.59. The van der Waals surface area contributed by atoms with Crippen LogP contribution in [0.1, 0.15) is 27.7 Å². The molecular weight excluding hydrogens is 436 g/mol. The lowest BCUT2D eigenvalue weighted by molar-refractivity contribution is -0.119. The van der Waals surface area contributed by atoms with Crippen LogP contribution in [0.3, 0.4) is 0 Å². The van der Waals surface area contributed by atoms with Gasteiger partial charge in [-0.1, -0.05) is 37.2 Å². The van der Waals surface area contributed by atoms with Crippen LogP contribution in [-0.2, 0) is 16.1 Å². The van der Waals surface area contributed by atoms with Gasteiger partial charge in [-0.2, -0.15) is 0 Å². The number of rotatable bonds is 8. The van der Waals surface area contributed by atoms with E-state index in [0.29, 0.717) is 34.2 Å². The number of amides is 1. The Kier molecular flexibility index (Phi) is 8.02. The molecule has 0 spiro atoms. The standard InChI is InChI=1S/C22H31ClN4O3S/c1-15(2)12-27-20(29)17-11-16(23)5-6-18(17)25-21(27)31-13-19(28)24-14-22(3,4)26-7-9-30-10-8-26/h5-6,11,15H,7-10,12-14H2,1-4H3,(H,24,28). The van der Waals surface area contributed by atoms with E-state index < -0.39 is 0 Å². The molecular formula is C22H31ClN4O3S. The first kappa shape index (κ1) is 24.0. The molecule has 3 rings (SSSR count). The lowest BCUT2D eigenvalue weighted by Gasteiger charge is -2.40. The van der Waals surface area contributed by atoms with Crippen molar-refractivity contribution in [1.82, 2.24) is 19.8 Å². The molecule has 1 saturated heterocycles. The first-order valence-corrected chi connectivity index (χ1v) is 12.0. The van der Waals surface area contributed by atoms with Gasteiger partial charge in [0.1, 0.15) is 0 Å². The molecule has 1 aliphatic rings. The van der Waals surface area contributed by atoms with Crippen LogP contribution in [0.4, 0.5) is 0 Å². The van der Waals surface area contributed by atoms with Crippen molar-refractivity contribution in [3.63, 3.8) is 0 Å². The molecule has 1 amide bonds. The maximum atomic E-state index is 13.0. The average Bonchev–Trinajstić information content (AvgIpc) is 2.74. The molecule has 170 valence electrons. The van der Waals surface area contributed by atoms with Crippen molar-refractivity contribution >= 4 is 40.2 Å². The van der Waals surface area contributed by atoms with Gasteiger partial charge in [-0.15, -0.1) is 0 Å². The minimum atomic E-state index is -0.148. The molecule has 2 aromatic rings. The van der Waals surface area contributed by atoms with Crippen LogP contribution >= 0.6 is 23.4 Å². The van der Waals surface area contributed by atoms with Crippen molar-refractivity contribution in [2.75, 3.05) is 38.6 Å². The number of benzene rings is 1. The summed E-state index contributed by atoms with van der Waals surface area (Å²) >= 11 is 7.36. The highest BCUT2D eigenvalue weighted by Gasteiger charge is 2.28. The molecule has 0 atom stereocenters. The number of carbonyl (C=O) groups excluding carboxylic acids is 1. The molecule has 1 aromatic carbocycles. The van der Waals surface area contributed by atoms with E-state index >= 15 is 0 Å². The van der Waals surface area contributed by atoms with Crippen LogP contribution in [-0.4, -0.2) is 64.5 Å². The van der Waals surface area contributed by atoms with Gasteiger partial charge < -0.3 is 10.1 Å². The maximum absolute atomic E-state index is 13.0. The lowest BCUT2D eigenvalue weighted by atomic mass is 10.0. The molecule has 0 saturated carbocycles. The minimum Gasteiger partial charge on any atom is -0.379 e. The molecule has 1 aliphatic heterocycles. The molecule has 9 heteroatoms. The molecule has 0 bridgehead atoms. The Morgan fingerprint density at radius 2 is 2.03 bits per heavy atom. The molecule has 31 heavy (non-hydrogen) atoms. The smallest absolute Gasteiger partial charge is 0.262 e. The highest BCUT2D eigenvalue weighted by molar-refractivity contribution is 7.99. The van der Waals surface area contributed by atoms with E-state index in [1.165, 1.54) is 11.8 Å². The van der Waals surface area contributed by atoms with Gasteiger partial charge in [-0.25, -0.2) is 4.98 Å². The van der Waals surface area contributed by atoms with Crippen molar-refractivity contribution in [3.05, 3.63) is 33.6 Å². The predicted octanol–water partition coefficient (Wildman–Crippen LogP) is 3.03.